The molecule has 0 saturated carbocycles. The molecule has 3 N–H and O–H groups in total. The van der Waals surface area contributed by atoms with E-state index in [9.17, 15) is 4.79 Å². The number of H-pyrrole nitrogens is 1. The topological polar surface area (TPSA) is 95.6 Å². The lowest BCUT2D eigenvalue weighted by molar-refractivity contribution is 0.100. The van der Waals surface area contributed by atoms with E-state index in [1.165, 1.54) is 0 Å². The molecule has 3 aromatic heterocycles. The highest BCUT2D eigenvalue weighted by Gasteiger charge is 2.21. The van der Waals surface area contributed by atoms with Crippen LogP contribution in [-0.2, 0) is 0 Å². The molecule has 0 aliphatic carbocycles. The van der Waals surface area contributed by atoms with Gasteiger partial charge in [-0.05, 0) is 37.9 Å². The lowest BCUT2D eigenvalue weighted by Gasteiger charge is -2.24. The lowest BCUT2D eigenvalue weighted by atomic mass is 9.99. The van der Waals surface area contributed by atoms with Gasteiger partial charge >= 0.3 is 0 Å². The maximum absolute atomic E-state index is 12.3. The molecule has 144 valence electrons. The minimum Gasteiger partial charge on any atom is -0.373 e. The first-order valence-electron chi connectivity index (χ1n) is 9.04. The molecule has 0 aliphatic heterocycles. The average molecular weight is 377 g/mol. The second-order valence-corrected chi connectivity index (χ2v) is 7.14. The molecule has 0 radical (unpaired) electrons. The van der Waals surface area contributed by atoms with E-state index in [4.69, 9.17) is 5.73 Å². The third-order valence-corrected chi connectivity index (χ3v) is 4.93. The Morgan fingerprint density at radius 1 is 1.18 bits per heavy atom. The van der Waals surface area contributed by atoms with Crippen LogP contribution in [0, 0.1) is 0 Å². The summed E-state index contributed by atoms with van der Waals surface area (Å²) in [6.07, 6.45) is 7.23. The van der Waals surface area contributed by atoms with Crippen LogP contribution in [0.2, 0.25) is 0 Å². The van der Waals surface area contributed by atoms with Crippen LogP contribution in [0.4, 0.5) is 5.69 Å². The van der Waals surface area contributed by atoms with Gasteiger partial charge in [0.15, 0.2) is 0 Å². The molecule has 28 heavy (non-hydrogen) atoms. The van der Waals surface area contributed by atoms with E-state index in [1.807, 2.05) is 56.1 Å². The summed E-state index contributed by atoms with van der Waals surface area (Å²) >= 11 is 0. The number of hydrogen-bond donors (Lipinski definition) is 2. The number of rotatable bonds is 6. The summed E-state index contributed by atoms with van der Waals surface area (Å²) in [6.45, 7) is 1.61. The van der Waals surface area contributed by atoms with E-state index in [-0.39, 0.29) is 0 Å². The zero-order valence-electron chi connectivity index (χ0n) is 16.2. The van der Waals surface area contributed by atoms with E-state index < -0.39 is 5.91 Å². The first-order chi connectivity index (χ1) is 13.5. The largest absolute Gasteiger partial charge is 0.373 e. The first kappa shape index (κ1) is 18.0. The highest BCUT2D eigenvalue weighted by molar-refractivity contribution is 6.12. The van der Waals surface area contributed by atoms with Gasteiger partial charge in [0.1, 0.15) is 5.65 Å². The number of nitrogens with one attached hydrogen (secondary N) is 1. The van der Waals surface area contributed by atoms with Crippen molar-refractivity contribution in [2.75, 3.05) is 39.1 Å². The molecule has 8 heteroatoms. The third-order valence-electron chi connectivity index (χ3n) is 4.93. The summed E-state index contributed by atoms with van der Waals surface area (Å²) in [5.74, 6) is -0.476. The van der Waals surface area contributed by atoms with E-state index >= 15 is 0 Å². The number of anilines is 1. The summed E-state index contributed by atoms with van der Waals surface area (Å²) in [7, 11) is 6.01. The molecule has 4 aromatic rings. The number of benzene rings is 1. The Hall–Kier alpha value is -3.39. The molecule has 0 atom stereocenters. The Morgan fingerprint density at radius 2 is 2.00 bits per heavy atom. The van der Waals surface area contributed by atoms with Crippen LogP contribution in [0.25, 0.3) is 27.8 Å². The van der Waals surface area contributed by atoms with Crippen LogP contribution in [0.1, 0.15) is 10.4 Å². The minimum absolute atomic E-state index is 0.458. The van der Waals surface area contributed by atoms with E-state index in [0.717, 1.165) is 41.1 Å². The van der Waals surface area contributed by atoms with Gasteiger partial charge in [-0.15, -0.1) is 0 Å². The predicted octanol–water partition coefficient (Wildman–Crippen LogP) is 1.97. The standard InChI is InChI=1S/C20H23N7O/c1-25(2)8-9-26(3)15-11-14(13-4-6-27-7-5-22-16(27)10-13)18-19(24-12-23-18)17(15)20(21)28/h4-7,10-12H,8-9H2,1-3H3,(H2,21,28)(H,23,24). The number of amides is 1. The van der Waals surface area contributed by atoms with Gasteiger partial charge in [-0.2, -0.15) is 0 Å². The fraction of sp³-hybridized carbons (Fsp3) is 0.250. The number of carbonyl (C=O) groups is 1. The highest BCUT2D eigenvalue weighted by Crippen LogP contribution is 2.35. The summed E-state index contributed by atoms with van der Waals surface area (Å²) in [5.41, 5.74) is 11.1. The Morgan fingerprint density at radius 3 is 2.75 bits per heavy atom. The third kappa shape index (κ3) is 3.07. The van der Waals surface area contributed by atoms with E-state index in [2.05, 4.69) is 24.8 Å². The molecule has 0 spiro atoms. The number of carbonyl (C=O) groups excluding carboxylic acids is 1. The second-order valence-electron chi connectivity index (χ2n) is 7.14. The predicted molar refractivity (Wildman–Crippen MR) is 111 cm³/mol. The SMILES string of the molecule is CN(C)CCN(C)c1cc(-c2ccn3ccnc3c2)c2nc[nH]c2c1C(N)=O. The van der Waals surface area contributed by atoms with E-state index in [1.54, 1.807) is 12.5 Å². The molecule has 1 amide bonds. The lowest BCUT2D eigenvalue weighted by Crippen LogP contribution is -2.30. The number of primary amides is 1. The molecule has 4 rings (SSSR count). The number of imidazole rings is 2. The second kappa shape index (κ2) is 6.97. The number of nitrogens with two attached hydrogens (primary N) is 1. The molecule has 8 nitrogen and oxygen atoms in total. The fourth-order valence-corrected chi connectivity index (χ4v) is 3.41. The van der Waals surface area contributed by atoms with Gasteiger partial charge in [-0.3, -0.25) is 4.79 Å². The van der Waals surface area contributed by atoms with Crippen LogP contribution in [0.5, 0.6) is 0 Å². The van der Waals surface area contributed by atoms with Crippen molar-refractivity contribution in [3.8, 4) is 11.1 Å². The molecule has 0 bridgehead atoms. The molecule has 0 unspecified atom stereocenters. The maximum atomic E-state index is 12.3. The Balaban J connectivity index is 1.92. The number of aromatic nitrogens is 4. The summed E-state index contributed by atoms with van der Waals surface area (Å²) < 4.78 is 1.95. The Labute approximate surface area is 162 Å². The van der Waals surface area contributed by atoms with Crippen molar-refractivity contribution in [3.05, 3.63) is 48.7 Å². The van der Waals surface area contributed by atoms with Gasteiger partial charge in [0, 0.05) is 44.3 Å². The zero-order chi connectivity index (χ0) is 19.8. The smallest absolute Gasteiger partial charge is 0.253 e. The van der Waals surface area contributed by atoms with Gasteiger partial charge in [0.05, 0.1) is 28.6 Å². The van der Waals surface area contributed by atoms with Gasteiger partial charge < -0.3 is 24.9 Å². The van der Waals surface area contributed by atoms with Crippen LogP contribution < -0.4 is 10.6 Å². The minimum atomic E-state index is -0.476. The number of fused-ring (bicyclic) bond motifs is 2. The summed E-state index contributed by atoms with van der Waals surface area (Å²) in [6, 6.07) is 6.02. The quantitative estimate of drug-likeness (QED) is 0.536. The number of aromatic amines is 1. The maximum Gasteiger partial charge on any atom is 0.253 e. The first-order valence-corrected chi connectivity index (χ1v) is 9.04. The molecule has 3 heterocycles. The van der Waals surface area contributed by atoms with Crippen molar-refractivity contribution in [2.45, 2.75) is 0 Å². The number of pyridine rings is 1. The van der Waals surface area contributed by atoms with Gasteiger partial charge in [-0.1, -0.05) is 0 Å². The number of nitrogens with zero attached hydrogens (tertiary/aromatic N) is 5. The van der Waals surface area contributed by atoms with E-state index in [0.29, 0.717) is 11.1 Å². The number of hydrogen-bond acceptors (Lipinski definition) is 5. The summed E-state index contributed by atoms with van der Waals surface area (Å²) in [4.78, 5) is 28.4. The van der Waals surface area contributed by atoms with Gasteiger partial charge in [0.25, 0.3) is 5.91 Å². The van der Waals surface area contributed by atoms with Crippen molar-refractivity contribution in [3.63, 3.8) is 0 Å². The molecular formula is C20H23N7O. The van der Waals surface area contributed by atoms with Crippen molar-refractivity contribution >= 4 is 28.3 Å². The molecule has 0 saturated heterocycles. The monoisotopic (exact) mass is 377 g/mol. The average Bonchev–Trinajstić information content (AvgIpc) is 3.32. The van der Waals surface area contributed by atoms with Crippen molar-refractivity contribution in [1.29, 1.82) is 0 Å². The van der Waals surface area contributed by atoms with Crippen LogP contribution in [0.15, 0.2) is 43.1 Å². The van der Waals surface area contributed by atoms with Crippen LogP contribution in [-0.4, -0.2) is 64.4 Å². The van der Waals surface area contributed by atoms with Crippen molar-refractivity contribution < 1.29 is 4.79 Å². The Kier molecular flexibility index (Phi) is 4.48. The van der Waals surface area contributed by atoms with Crippen molar-refractivity contribution in [2.24, 2.45) is 5.73 Å². The zero-order valence-corrected chi connectivity index (χ0v) is 16.2. The molecule has 1 aromatic carbocycles. The number of likely N-dealkylation sites (N-methyl/N-ethyl adjacent to an activating group) is 2. The fourth-order valence-electron chi connectivity index (χ4n) is 3.41. The normalized spacial score (nSPS) is 11.6. The Bertz CT molecular complexity index is 1160. The molecule has 0 aliphatic rings. The van der Waals surface area contributed by atoms with Crippen LogP contribution in [0.3, 0.4) is 0 Å². The van der Waals surface area contributed by atoms with Gasteiger partial charge in [-0.25, -0.2) is 9.97 Å². The van der Waals surface area contributed by atoms with Gasteiger partial charge in [0.2, 0.25) is 0 Å². The summed E-state index contributed by atoms with van der Waals surface area (Å²) in [5, 5.41) is 0. The van der Waals surface area contributed by atoms with Crippen LogP contribution >= 0.6 is 0 Å². The van der Waals surface area contributed by atoms with Crippen molar-refractivity contribution in [1.82, 2.24) is 24.3 Å². The molecule has 0 fully saturated rings. The molecular weight excluding hydrogens is 354 g/mol. The highest BCUT2D eigenvalue weighted by atomic mass is 16.1.